The van der Waals surface area contributed by atoms with Gasteiger partial charge in [0.15, 0.2) is 11.6 Å². The number of pyridine rings is 1. The van der Waals surface area contributed by atoms with Crippen LogP contribution >= 0.6 is 0 Å². The van der Waals surface area contributed by atoms with Gasteiger partial charge in [0.1, 0.15) is 12.4 Å². The van der Waals surface area contributed by atoms with E-state index in [4.69, 9.17) is 4.74 Å². The summed E-state index contributed by atoms with van der Waals surface area (Å²) >= 11 is 0. The average molecular weight is 397 g/mol. The van der Waals surface area contributed by atoms with Crippen LogP contribution in [0, 0.1) is 6.92 Å². The maximum atomic E-state index is 9.38. The number of aromatic nitrogens is 3. The number of aryl methyl sites for hydroxylation is 1. The molecule has 3 rings (SSSR count). The number of fused-ring (bicyclic) bond motifs is 1. The van der Waals surface area contributed by atoms with Crippen molar-refractivity contribution in [1.82, 2.24) is 15.0 Å². The predicted molar refractivity (Wildman–Crippen MR) is 118 cm³/mol. The van der Waals surface area contributed by atoms with Gasteiger partial charge in [0, 0.05) is 24.2 Å². The first kappa shape index (κ1) is 22.6. The van der Waals surface area contributed by atoms with Crippen LogP contribution in [0.25, 0.3) is 10.8 Å². The number of nitrogens with one attached hydrogen (secondary N) is 1. The molecule has 0 saturated heterocycles. The molecule has 0 aliphatic carbocycles. The van der Waals surface area contributed by atoms with E-state index in [0.717, 1.165) is 35.7 Å². The lowest BCUT2D eigenvalue weighted by molar-refractivity contribution is 0.275. The Morgan fingerprint density at radius 2 is 1.97 bits per heavy atom. The van der Waals surface area contributed by atoms with E-state index in [1.807, 2.05) is 31.2 Å². The molecule has 2 aromatic heterocycles. The summed E-state index contributed by atoms with van der Waals surface area (Å²) in [7, 11) is 0. The largest absolute Gasteiger partial charge is 0.482 e. The van der Waals surface area contributed by atoms with Crippen molar-refractivity contribution in [2.75, 3.05) is 11.9 Å². The van der Waals surface area contributed by atoms with Crippen LogP contribution in [-0.4, -0.2) is 32.7 Å². The Kier molecular flexibility index (Phi) is 8.80. The Labute approximate surface area is 173 Å². The second-order valence-electron chi connectivity index (χ2n) is 6.89. The van der Waals surface area contributed by atoms with Crippen LogP contribution in [0.2, 0.25) is 0 Å². The van der Waals surface area contributed by atoms with Crippen LogP contribution in [0.3, 0.4) is 0 Å². The number of rotatable bonds is 10. The molecule has 0 fully saturated rings. The molecule has 0 aliphatic rings. The van der Waals surface area contributed by atoms with Crippen molar-refractivity contribution in [3.63, 3.8) is 0 Å². The zero-order chi connectivity index (χ0) is 19.8. The molecule has 1 aromatic carbocycles. The molecule has 1 atom stereocenters. The first-order chi connectivity index (χ1) is 13.7. The fourth-order valence-electron chi connectivity index (χ4n) is 3.20. The third kappa shape index (κ3) is 6.12. The second kappa shape index (κ2) is 11.3. The number of unbranched alkanes of at least 4 members (excludes halogenated alkanes) is 1. The predicted octanol–water partition coefficient (Wildman–Crippen LogP) is 4.90. The number of ether oxygens (including phenoxy) is 1. The maximum Gasteiger partial charge on any atom is 0.180 e. The van der Waals surface area contributed by atoms with Gasteiger partial charge in [0.05, 0.1) is 11.9 Å². The Hall–Kier alpha value is -2.73. The molecule has 0 spiro atoms. The van der Waals surface area contributed by atoms with E-state index in [2.05, 4.69) is 33.3 Å². The fraction of sp³-hybridized carbons (Fsp3) is 0.435. The standard InChI is InChI=1S/C22H28N4O2.CH4/c1-3-4-8-18(11-13-27)26-22-21(14-24-16(2)25-22)28-15-20-19-9-6-5-7-17(19)10-12-23-20;/h5-7,9-10,12,14,18,27H,3-4,8,11,13,15H2,1-2H3,(H,24,25,26);1H4/t18-;/m0./s1. The van der Waals surface area contributed by atoms with Gasteiger partial charge in [0.2, 0.25) is 0 Å². The van der Waals surface area contributed by atoms with Crippen LogP contribution in [-0.2, 0) is 6.61 Å². The van der Waals surface area contributed by atoms with Gasteiger partial charge >= 0.3 is 0 Å². The zero-order valence-electron chi connectivity index (χ0n) is 16.6. The van der Waals surface area contributed by atoms with Gasteiger partial charge < -0.3 is 15.2 Å². The van der Waals surface area contributed by atoms with Gasteiger partial charge in [-0.1, -0.05) is 51.5 Å². The summed E-state index contributed by atoms with van der Waals surface area (Å²) in [5, 5.41) is 15.0. The first-order valence-corrected chi connectivity index (χ1v) is 9.87. The van der Waals surface area contributed by atoms with Crippen LogP contribution in [0.4, 0.5) is 5.82 Å². The molecule has 2 heterocycles. The summed E-state index contributed by atoms with van der Waals surface area (Å²) in [4.78, 5) is 13.3. The van der Waals surface area contributed by atoms with E-state index in [1.165, 1.54) is 0 Å². The molecular formula is C23H32N4O2. The van der Waals surface area contributed by atoms with Gasteiger partial charge in [-0.2, -0.15) is 0 Å². The normalized spacial score (nSPS) is 11.7. The Bertz CT molecular complexity index is 896. The summed E-state index contributed by atoms with van der Waals surface area (Å²) in [5.41, 5.74) is 0.877. The smallest absolute Gasteiger partial charge is 0.180 e. The molecule has 0 unspecified atom stereocenters. The lowest BCUT2D eigenvalue weighted by Crippen LogP contribution is -2.22. The van der Waals surface area contributed by atoms with Crippen molar-refractivity contribution in [1.29, 1.82) is 0 Å². The molecule has 0 radical (unpaired) electrons. The summed E-state index contributed by atoms with van der Waals surface area (Å²) < 4.78 is 6.06. The third-order valence-corrected chi connectivity index (χ3v) is 4.72. The lowest BCUT2D eigenvalue weighted by atomic mass is 10.1. The van der Waals surface area contributed by atoms with Gasteiger partial charge in [-0.15, -0.1) is 0 Å². The van der Waals surface area contributed by atoms with Crippen LogP contribution in [0.5, 0.6) is 5.75 Å². The van der Waals surface area contributed by atoms with Crippen molar-refractivity contribution in [3.8, 4) is 5.75 Å². The molecule has 6 nitrogen and oxygen atoms in total. The highest BCUT2D eigenvalue weighted by Gasteiger charge is 2.14. The Balaban J connectivity index is 0.00000300. The zero-order valence-corrected chi connectivity index (χ0v) is 16.6. The van der Waals surface area contributed by atoms with E-state index in [-0.39, 0.29) is 20.1 Å². The van der Waals surface area contributed by atoms with Gasteiger partial charge in [-0.25, -0.2) is 9.97 Å². The summed E-state index contributed by atoms with van der Waals surface area (Å²) in [6.45, 7) is 4.49. The van der Waals surface area contributed by atoms with Gasteiger partial charge in [0.25, 0.3) is 0 Å². The molecule has 0 aliphatic heterocycles. The number of nitrogens with zero attached hydrogens (tertiary/aromatic N) is 3. The lowest BCUT2D eigenvalue weighted by Gasteiger charge is -2.20. The summed E-state index contributed by atoms with van der Waals surface area (Å²) in [6.07, 6.45) is 7.36. The minimum Gasteiger partial charge on any atom is -0.482 e. The van der Waals surface area contributed by atoms with Gasteiger partial charge in [-0.3, -0.25) is 4.98 Å². The highest BCUT2D eigenvalue weighted by atomic mass is 16.5. The topological polar surface area (TPSA) is 80.2 Å². The highest BCUT2D eigenvalue weighted by molar-refractivity contribution is 5.84. The molecule has 0 amide bonds. The van der Waals surface area contributed by atoms with Gasteiger partial charge in [-0.05, 0) is 31.2 Å². The van der Waals surface area contributed by atoms with Crippen molar-refractivity contribution in [2.24, 2.45) is 0 Å². The number of hydrogen-bond acceptors (Lipinski definition) is 6. The first-order valence-electron chi connectivity index (χ1n) is 9.87. The molecule has 0 saturated carbocycles. The van der Waals surface area contributed by atoms with Crippen LogP contribution in [0.1, 0.15) is 51.6 Å². The summed E-state index contributed by atoms with van der Waals surface area (Å²) in [5.74, 6) is 1.94. The quantitative estimate of drug-likeness (QED) is 0.507. The molecular weight excluding hydrogens is 364 g/mol. The van der Waals surface area contributed by atoms with E-state index < -0.39 is 0 Å². The number of hydrogen-bond donors (Lipinski definition) is 2. The van der Waals surface area contributed by atoms with Crippen LogP contribution < -0.4 is 10.1 Å². The van der Waals surface area contributed by atoms with Crippen LogP contribution in [0.15, 0.2) is 42.7 Å². The SMILES string of the molecule is C.CCCC[C@@H](CCO)Nc1nc(C)ncc1OCc1nccc2ccccc12. The fourth-order valence-corrected chi connectivity index (χ4v) is 3.20. The average Bonchev–Trinajstić information content (AvgIpc) is 2.71. The van der Waals surface area contributed by atoms with Crippen molar-refractivity contribution >= 4 is 16.6 Å². The second-order valence-corrected chi connectivity index (χ2v) is 6.89. The van der Waals surface area contributed by atoms with E-state index in [1.54, 1.807) is 12.4 Å². The van der Waals surface area contributed by atoms with Crippen molar-refractivity contribution in [3.05, 3.63) is 54.2 Å². The number of aliphatic hydroxyl groups excluding tert-OH is 1. The monoisotopic (exact) mass is 396 g/mol. The number of aliphatic hydroxyl groups is 1. The van der Waals surface area contributed by atoms with E-state index in [0.29, 0.717) is 30.4 Å². The Morgan fingerprint density at radius 3 is 2.76 bits per heavy atom. The van der Waals surface area contributed by atoms with E-state index >= 15 is 0 Å². The minimum atomic E-state index is 0. The highest BCUT2D eigenvalue weighted by Crippen LogP contribution is 2.25. The minimum absolute atomic E-state index is 0. The summed E-state index contributed by atoms with van der Waals surface area (Å²) in [6, 6.07) is 10.3. The maximum absolute atomic E-state index is 9.38. The molecule has 0 bridgehead atoms. The molecule has 6 heteroatoms. The van der Waals surface area contributed by atoms with Crippen molar-refractivity contribution in [2.45, 2.75) is 59.6 Å². The molecule has 3 aromatic rings. The Morgan fingerprint density at radius 1 is 1.14 bits per heavy atom. The molecule has 156 valence electrons. The van der Waals surface area contributed by atoms with Crippen molar-refractivity contribution < 1.29 is 9.84 Å². The van der Waals surface area contributed by atoms with E-state index in [9.17, 15) is 5.11 Å². The molecule has 29 heavy (non-hydrogen) atoms. The number of anilines is 1. The third-order valence-electron chi connectivity index (χ3n) is 4.72. The number of benzene rings is 1. The molecule has 2 N–H and O–H groups in total.